The fraction of sp³-hybridized carbons (Fsp3) is 0.440. The van der Waals surface area contributed by atoms with Crippen LogP contribution in [-0.4, -0.2) is 74.0 Å². The van der Waals surface area contributed by atoms with Crippen LogP contribution in [0.4, 0.5) is 5.69 Å². The SMILES string of the molecule is CC(C)CNC(=O)c1ccccc1NC(=O)CN1CCN(CCOc2ccccc2)CC1. The lowest BCUT2D eigenvalue weighted by Crippen LogP contribution is -2.49. The van der Waals surface area contributed by atoms with Gasteiger partial charge in [-0.25, -0.2) is 0 Å². The van der Waals surface area contributed by atoms with E-state index in [2.05, 4.69) is 20.4 Å². The van der Waals surface area contributed by atoms with Crippen molar-refractivity contribution in [3.8, 4) is 5.75 Å². The Bertz CT molecular complexity index is 865. The molecule has 0 atom stereocenters. The first-order chi connectivity index (χ1) is 15.5. The molecule has 1 aliphatic rings. The Hall–Kier alpha value is -2.90. The summed E-state index contributed by atoms with van der Waals surface area (Å²) < 4.78 is 5.78. The summed E-state index contributed by atoms with van der Waals surface area (Å²) >= 11 is 0. The summed E-state index contributed by atoms with van der Waals surface area (Å²) in [5, 5.41) is 5.82. The molecule has 0 unspecified atom stereocenters. The quantitative estimate of drug-likeness (QED) is 0.597. The van der Waals surface area contributed by atoms with E-state index in [0.29, 0.717) is 36.9 Å². The number of ether oxygens (including phenoxy) is 1. The minimum Gasteiger partial charge on any atom is -0.492 e. The first kappa shape index (κ1) is 23.8. The molecule has 1 fully saturated rings. The van der Waals surface area contributed by atoms with Gasteiger partial charge in [0.15, 0.2) is 0 Å². The molecule has 0 radical (unpaired) electrons. The van der Waals surface area contributed by atoms with Gasteiger partial charge in [0.05, 0.1) is 17.8 Å². The lowest BCUT2D eigenvalue weighted by atomic mass is 10.1. The maximum atomic E-state index is 12.6. The largest absolute Gasteiger partial charge is 0.492 e. The minimum absolute atomic E-state index is 0.102. The number of piperazine rings is 1. The molecule has 172 valence electrons. The smallest absolute Gasteiger partial charge is 0.253 e. The van der Waals surface area contributed by atoms with E-state index in [0.717, 1.165) is 38.5 Å². The Morgan fingerprint density at radius 1 is 0.938 bits per heavy atom. The lowest BCUT2D eigenvalue weighted by Gasteiger charge is -2.34. The van der Waals surface area contributed by atoms with Gasteiger partial charge in [0.25, 0.3) is 5.91 Å². The molecule has 7 nitrogen and oxygen atoms in total. The summed E-state index contributed by atoms with van der Waals surface area (Å²) in [7, 11) is 0. The highest BCUT2D eigenvalue weighted by molar-refractivity contribution is 6.04. The van der Waals surface area contributed by atoms with Gasteiger partial charge in [0, 0.05) is 39.3 Å². The van der Waals surface area contributed by atoms with Crippen molar-refractivity contribution in [1.29, 1.82) is 0 Å². The molecule has 1 saturated heterocycles. The number of hydrogen-bond donors (Lipinski definition) is 2. The predicted molar refractivity (Wildman–Crippen MR) is 127 cm³/mol. The van der Waals surface area contributed by atoms with E-state index in [-0.39, 0.29) is 11.8 Å². The van der Waals surface area contributed by atoms with Crippen molar-refractivity contribution in [2.24, 2.45) is 5.92 Å². The number of anilines is 1. The first-order valence-electron chi connectivity index (χ1n) is 11.3. The van der Waals surface area contributed by atoms with Gasteiger partial charge in [-0.15, -0.1) is 0 Å². The zero-order valence-corrected chi connectivity index (χ0v) is 19.0. The van der Waals surface area contributed by atoms with E-state index < -0.39 is 0 Å². The topological polar surface area (TPSA) is 73.9 Å². The molecule has 1 heterocycles. The van der Waals surface area contributed by atoms with E-state index in [1.807, 2.05) is 50.2 Å². The summed E-state index contributed by atoms with van der Waals surface area (Å²) in [6.07, 6.45) is 0. The first-order valence-corrected chi connectivity index (χ1v) is 11.3. The second kappa shape index (κ2) is 12.2. The van der Waals surface area contributed by atoms with Crippen LogP contribution in [0.5, 0.6) is 5.75 Å². The van der Waals surface area contributed by atoms with Crippen molar-refractivity contribution < 1.29 is 14.3 Å². The van der Waals surface area contributed by atoms with E-state index in [9.17, 15) is 9.59 Å². The van der Waals surface area contributed by atoms with E-state index in [4.69, 9.17) is 4.74 Å². The highest BCUT2D eigenvalue weighted by Gasteiger charge is 2.20. The summed E-state index contributed by atoms with van der Waals surface area (Å²) in [4.78, 5) is 29.6. The number of hydrogen-bond acceptors (Lipinski definition) is 5. The fourth-order valence-corrected chi connectivity index (χ4v) is 3.56. The van der Waals surface area contributed by atoms with Gasteiger partial charge in [-0.05, 0) is 30.2 Å². The molecule has 2 aromatic carbocycles. The summed E-state index contributed by atoms with van der Waals surface area (Å²) in [6, 6.07) is 17.0. The second-order valence-corrected chi connectivity index (χ2v) is 8.48. The van der Waals surface area contributed by atoms with Crippen LogP contribution in [0.25, 0.3) is 0 Å². The number of rotatable bonds is 10. The van der Waals surface area contributed by atoms with Gasteiger partial charge in [-0.2, -0.15) is 0 Å². The van der Waals surface area contributed by atoms with Crippen LogP contribution in [0.3, 0.4) is 0 Å². The van der Waals surface area contributed by atoms with Gasteiger partial charge in [0.2, 0.25) is 5.91 Å². The molecule has 3 rings (SSSR count). The van der Waals surface area contributed by atoms with Crippen molar-refractivity contribution in [2.75, 3.05) is 57.7 Å². The normalized spacial score (nSPS) is 14.8. The lowest BCUT2D eigenvalue weighted by molar-refractivity contribution is -0.117. The maximum absolute atomic E-state index is 12.6. The number of benzene rings is 2. The molecule has 0 aliphatic carbocycles. The summed E-state index contributed by atoms with van der Waals surface area (Å²) in [5.41, 5.74) is 1.04. The van der Waals surface area contributed by atoms with Crippen LogP contribution in [0.2, 0.25) is 0 Å². The van der Waals surface area contributed by atoms with Crippen molar-refractivity contribution in [3.05, 3.63) is 60.2 Å². The number of amides is 2. The summed E-state index contributed by atoms with van der Waals surface area (Å²) in [5.74, 6) is 0.987. The molecular formula is C25H34N4O3. The predicted octanol–water partition coefficient (Wildman–Crippen LogP) is 2.71. The maximum Gasteiger partial charge on any atom is 0.253 e. The molecule has 7 heteroatoms. The van der Waals surface area contributed by atoms with Crippen LogP contribution in [0, 0.1) is 5.92 Å². The van der Waals surface area contributed by atoms with E-state index in [1.54, 1.807) is 18.2 Å². The molecule has 1 aliphatic heterocycles. The monoisotopic (exact) mass is 438 g/mol. The highest BCUT2D eigenvalue weighted by atomic mass is 16.5. The van der Waals surface area contributed by atoms with Crippen LogP contribution >= 0.6 is 0 Å². The molecule has 0 saturated carbocycles. The summed E-state index contributed by atoms with van der Waals surface area (Å²) in [6.45, 7) is 9.99. The van der Waals surface area contributed by atoms with Crippen LogP contribution in [0.15, 0.2) is 54.6 Å². The molecular weight excluding hydrogens is 404 g/mol. The zero-order valence-electron chi connectivity index (χ0n) is 19.0. The van der Waals surface area contributed by atoms with Gasteiger partial charge < -0.3 is 15.4 Å². The number of nitrogens with zero attached hydrogens (tertiary/aromatic N) is 2. The third-order valence-electron chi connectivity index (χ3n) is 5.37. The fourth-order valence-electron chi connectivity index (χ4n) is 3.56. The minimum atomic E-state index is -0.166. The van der Waals surface area contributed by atoms with Crippen LogP contribution in [0.1, 0.15) is 24.2 Å². The number of carbonyl (C=O) groups is 2. The van der Waals surface area contributed by atoms with Gasteiger partial charge in [-0.1, -0.05) is 44.2 Å². The van der Waals surface area contributed by atoms with Crippen LogP contribution < -0.4 is 15.4 Å². The third kappa shape index (κ3) is 7.66. The number of carbonyl (C=O) groups excluding carboxylic acids is 2. The Labute approximate surface area is 190 Å². The molecule has 0 aromatic heterocycles. The zero-order chi connectivity index (χ0) is 22.8. The molecule has 32 heavy (non-hydrogen) atoms. The number of para-hydroxylation sites is 2. The Kier molecular flexibility index (Phi) is 9.07. The Morgan fingerprint density at radius 3 is 2.31 bits per heavy atom. The second-order valence-electron chi connectivity index (χ2n) is 8.48. The van der Waals surface area contributed by atoms with Crippen molar-refractivity contribution in [1.82, 2.24) is 15.1 Å². The van der Waals surface area contributed by atoms with Crippen molar-refractivity contribution in [2.45, 2.75) is 13.8 Å². The average molecular weight is 439 g/mol. The Balaban J connectivity index is 1.40. The van der Waals surface area contributed by atoms with E-state index >= 15 is 0 Å². The molecule has 0 bridgehead atoms. The average Bonchev–Trinajstić information content (AvgIpc) is 2.79. The standard InChI is InChI=1S/C25H34N4O3/c1-20(2)18-26-25(31)22-10-6-7-11-23(22)27-24(30)19-29-14-12-28(13-15-29)16-17-32-21-8-4-3-5-9-21/h3-11,20H,12-19H2,1-2H3,(H,26,31)(H,27,30). The molecule has 0 spiro atoms. The molecule has 2 N–H and O–H groups in total. The van der Waals surface area contributed by atoms with E-state index in [1.165, 1.54) is 0 Å². The van der Waals surface area contributed by atoms with Gasteiger partial charge in [0.1, 0.15) is 12.4 Å². The van der Waals surface area contributed by atoms with Crippen molar-refractivity contribution >= 4 is 17.5 Å². The highest BCUT2D eigenvalue weighted by Crippen LogP contribution is 2.15. The Morgan fingerprint density at radius 2 is 1.59 bits per heavy atom. The molecule has 2 amide bonds. The van der Waals surface area contributed by atoms with Crippen LogP contribution in [-0.2, 0) is 4.79 Å². The number of nitrogens with one attached hydrogen (secondary N) is 2. The van der Waals surface area contributed by atoms with Gasteiger partial charge in [-0.3, -0.25) is 19.4 Å². The van der Waals surface area contributed by atoms with Gasteiger partial charge >= 0.3 is 0 Å². The molecule has 2 aromatic rings. The van der Waals surface area contributed by atoms with Crippen molar-refractivity contribution in [3.63, 3.8) is 0 Å². The third-order valence-corrected chi connectivity index (χ3v) is 5.37.